The molecule has 1 aromatic heterocycles. The van der Waals surface area contributed by atoms with E-state index in [0.29, 0.717) is 11.4 Å². The Labute approximate surface area is 109 Å². The van der Waals surface area contributed by atoms with E-state index in [1.807, 2.05) is 0 Å². The zero-order valence-electron chi connectivity index (χ0n) is 11.2. The lowest BCUT2D eigenvalue weighted by Gasteiger charge is -2.07. The largest absolute Gasteiger partial charge is 0.288 e. The molecule has 1 aromatic carbocycles. The van der Waals surface area contributed by atoms with Crippen LogP contribution in [-0.2, 0) is 7.05 Å². The maximum atomic E-state index is 14.0. The number of ketones is 1. The van der Waals surface area contributed by atoms with Crippen LogP contribution in [0.15, 0.2) is 12.1 Å². The highest BCUT2D eigenvalue weighted by atomic mass is 19.1. The molecule has 0 saturated carbocycles. The molecule has 19 heavy (non-hydrogen) atoms. The van der Waals surface area contributed by atoms with E-state index in [1.165, 1.54) is 17.7 Å². The fourth-order valence-electron chi connectivity index (χ4n) is 2.09. The van der Waals surface area contributed by atoms with Crippen molar-refractivity contribution in [3.63, 3.8) is 0 Å². The van der Waals surface area contributed by atoms with E-state index in [1.54, 1.807) is 20.9 Å². The van der Waals surface area contributed by atoms with Gasteiger partial charge in [-0.3, -0.25) is 9.48 Å². The molecule has 0 atom stereocenters. The normalized spacial score (nSPS) is 10.8. The van der Waals surface area contributed by atoms with E-state index in [4.69, 9.17) is 0 Å². The van der Waals surface area contributed by atoms with Crippen LogP contribution < -0.4 is 0 Å². The van der Waals surface area contributed by atoms with Crippen LogP contribution in [-0.4, -0.2) is 15.6 Å². The van der Waals surface area contributed by atoms with Gasteiger partial charge in [0.05, 0.1) is 16.8 Å². The van der Waals surface area contributed by atoms with E-state index in [-0.39, 0.29) is 11.1 Å². The third-order valence-electron chi connectivity index (χ3n) is 3.25. The topological polar surface area (TPSA) is 34.9 Å². The first kappa shape index (κ1) is 13.4. The van der Waals surface area contributed by atoms with Gasteiger partial charge in [0, 0.05) is 12.7 Å². The second-order valence-electron chi connectivity index (χ2n) is 4.55. The van der Waals surface area contributed by atoms with Gasteiger partial charge >= 0.3 is 0 Å². The van der Waals surface area contributed by atoms with Crippen molar-refractivity contribution in [2.75, 3.05) is 0 Å². The molecule has 0 aliphatic carbocycles. The number of nitrogens with zero attached hydrogens (tertiary/aromatic N) is 2. The molecule has 0 bridgehead atoms. The van der Waals surface area contributed by atoms with Crippen LogP contribution in [0.3, 0.4) is 0 Å². The summed E-state index contributed by atoms with van der Waals surface area (Å²) in [4.78, 5) is 12.4. The van der Waals surface area contributed by atoms with E-state index >= 15 is 0 Å². The van der Waals surface area contributed by atoms with Gasteiger partial charge in [-0.25, -0.2) is 8.78 Å². The number of benzene rings is 1. The van der Waals surface area contributed by atoms with Gasteiger partial charge in [-0.2, -0.15) is 5.10 Å². The summed E-state index contributed by atoms with van der Waals surface area (Å²) < 4.78 is 29.3. The van der Waals surface area contributed by atoms with Gasteiger partial charge in [0.1, 0.15) is 11.6 Å². The van der Waals surface area contributed by atoms with Crippen molar-refractivity contribution in [2.45, 2.75) is 20.8 Å². The van der Waals surface area contributed by atoms with E-state index in [0.717, 1.165) is 6.07 Å². The van der Waals surface area contributed by atoms with Crippen LogP contribution in [0.2, 0.25) is 0 Å². The van der Waals surface area contributed by atoms with Crippen LogP contribution >= 0.6 is 0 Å². The molecule has 100 valence electrons. The molecule has 0 aliphatic rings. The Morgan fingerprint density at radius 3 is 2.32 bits per heavy atom. The molecule has 0 saturated heterocycles. The fraction of sp³-hybridized carbons (Fsp3) is 0.286. The summed E-state index contributed by atoms with van der Waals surface area (Å²) >= 11 is 0. The zero-order valence-corrected chi connectivity index (χ0v) is 11.2. The molecule has 0 radical (unpaired) electrons. The summed E-state index contributed by atoms with van der Waals surface area (Å²) in [6.45, 7) is 4.83. The Hall–Kier alpha value is -2.04. The predicted octanol–water partition coefficient (Wildman–Crippen LogP) is 2.85. The number of carbonyl (C=O) groups is 1. The van der Waals surface area contributed by atoms with Gasteiger partial charge in [0.25, 0.3) is 0 Å². The van der Waals surface area contributed by atoms with Gasteiger partial charge in [-0.1, -0.05) is 6.07 Å². The summed E-state index contributed by atoms with van der Waals surface area (Å²) in [6.07, 6.45) is 0. The lowest BCUT2D eigenvalue weighted by molar-refractivity contribution is 0.102. The summed E-state index contributed by atoms with van der Waals surface area (Å²) in [7, 11) is 1.68. The third-order valence-corrected chi connectivity index (χ3v) is 3.25. The van der Waals surface area contributed by atoms with Gasteiger partial charge in [-0.05, 0) is 32.4 Å². The first-order valence-corrected chi connectivity index (χ1v) is 5.84. The Morgan fingerprint density at radius 1 is 1.16 bits per heavy atom. The van der Waals surface area contributed by atoms with Crippen molar-refractivity contribution in [1.29, 1.82) is 0 Å². The summed E-state index contributed by atoms with van der Waals surface area (Å²) in [5, 5.41) is 4.09. The summed E-state index contributed by atoms with van der Waals surface area (Å²) in [5.74, 6) is -2.33. The van der Waals surface area contributed by atoms with Gasteiger partial charge in [0.15, 0.2) is 0 Å². The fourth-order valence-corrected chi connectivity index (χ4v) is 2.09. The average Bonchev–Trinajstić information content (AvgIpc) is 2.58. The minimum absolute atomic E-state index is 0.240. The number of halogens is 2. The Bertz CT molecular complexity index is 675. The molecule has 1 heterocycles. The Morgan fingerprint density at radius 2 is 1.79 bits per heavy atom. The highest BCUT2D eigenvalue weighted by molar-refractivity contribution is 6.10. The van der Waals surface area contributed by atoms with Crippen molar-refractivity contribution in [1.82, 2.24) is 9.78 Å². The number of rotatable bonds is 2. The summed E-state index contributed by atoms with van der Waals surface area (Å²) in [6, 6.07) is 2.41. The van der Waals surface area contributed by atoms with Crippen LogP contribution in [0.1, 0.15) is 32.9 Å². The van der Waals surface area contributed by atoms with Crippen molar-refractivity contribution in [3.8, 4) is 0 Å². The van der Waals surface area contributed by atoms with E-state index < -0.39 is 23.0 Å². The molecule has 0 amide bonds. The standard InChI is InChI=1S/C14H14F2N2O/c1-7-5-6-10(15)12(13(7)16)14(19)11-8(2)17-18(4)9(11)3/h5-6H,1-4H3. The maximum Gasteiger partial charge on any atom is 0.202 e. The second-order valence-corrected chi connectivity index (χ2v) is 4.55. The number of hydrogen-bond acceptors (Lipinski definition) is 2. The van der Waals surface area contributed by atoms with Crippen LogP contribution in [0.25, 0.3) is 0 Å². The Balaban J connectivity index is 2.66. The lowest BCUT2D eigenvalue weighted by atomic mass is 9.99. The minimum atomic E-state index is -0.851. The molecule has 0 N–H and O–H groups in total. The third kappa shape index (κ3) is 2.05. The molecule has 5 heteroatoms. The van der Waals surface area contributed by atoms with E-state index in [9.17, 15) is 13.6 Å². The zero-order chi connectivity index (χ0) is 14.3. The van der Waals surface area contributed by atoms with Crippen LogP contribution in [0, 0.1) is 32.4 Å². The highest BCUT2D eigenvalue weighted by Crippen LogP contribution is 2.23. The maximum absolute atomic E-state index is 14.0. The highest BCUT2D eigenvalue weighted by Gasteiger charge is 2.25. The van der Waals surface area contributed by atoms with Crippen molar-refractivity contribution < 1.29 is 13.6 Å². The minimum Gasteiger partial charge on any atom is -0.288 e. The number of aryl methyl sites for hydroxylation is 3. The van der Waals surface area contributed by atoms with Gasteiger partial charge < -0.3 is 0 Å². The molecule has 2 rings (SSSR count). The molecule has 2 aromatic rings. The second kappa shape index (κ2) is 4.57. The van der Waals surface area contributed by atoms with E-state index in [2.05, 4.69) is 5.10 Å². The van der Waals surface area contributed by atoms with Gasteiger partial charge in [0.2, 0.25) is 5.78 Å². The molecule has 3 nitrogen and oxygen atoms in total. The molecular formula is C14H14F2N2O. The molecule has 0 spiro atoms. The average molecular weight is 264 g/mol. The van der Waals surface area contributed by atoms with Gasteiger partial charge in [-0.15, -0.1) is 0 Å². The monoisotopic (exact) mass is 264 g/mol. The number of hydrogen-bond donors (Lipinski definition) is 0. The smallest absolute Gasteiger partial charge is 0.202 e. The number of aromatic nitrogens is 2. The predicted molar refractivity (Wildman–Crippen MR) is 67.2 cm³/mol. The first-order valence-electron chi connectivity index (χ1n) is 5.84. The lowest BCUT2D eigenvalue weighted by Crippen LogP contribution is -2.11. The molecule has 0 fully saturated rings. The summed E-state index contributed by atoms with van der Waals surface area (Å²) in [5.41, 5.74) is 1.03. The molecular weight excluding hydrogens is 250 g/mol. The van der Waals surface area contributed by atoms with Crippen molar-refractivity contribution >= 4 is 5.78 Å². The van der Waals surface area contributed by atoms with Crippen molar-refractivity contribution in [3.05, 3.63) is 51.8 Å². The van der Waals surface area contributed by atoms with Crippen molar-refractivity contribution in [2.24, 2.45) is 7.05 Å². The van der Waals surface area contributed by atoms with Crippen LogP contribution in [0.4, 0.5) is 8.78 Å². The van der Waals surface area contributed by atoms with Crippen LogP contribution in [0.5, 0.6) is 0 Å². The quantitative estimate of drug-likeness (QED) is 0.782. The first-order chi connectivity index (χ1) is 8.84. The Kier molecular flexibility index (Phi) is 3.22. The molecule has 0 unspecified atom stereocenters. The SMILES string of the molecule is Cc1ccc(F)c(C(=O)c2c(C)nn(C)c2C)c1F. The molecule has 0 aliphatic heterocycles. The number of carbonyl (C=O) groups excluding carboxylic acids is 1.